The Morgan fingerprint density at radius 2 is 2.04 bits per heavy atom. The van der Waals surface area contributed by atoms with Gasteiger partial charge in [-0.3, -0.25) is 9.59 Å². The van der Waals surface area contributed by atoms with Crippen molar-refractivity contribution in [2.75, 3.05) is 31.4 Å². The molecule has 0 saturated carbocycles. The van der Waals surface area contributed by atoms with Crippen LogP contribution in [-0.2, 0) is 20.9 Å². The van der Waals surface area contributed by atoms with Gasteiger partial charge in [0, 0.05) is 12.2 Å². The van der Waals surface area contributed by atoms with E-state index in [2.05, 4.69) is 5.32 Å². The lowest BCUT2D eigenvalue weighted by molar-refractivity contribution is -0.154. The molecule has 1 heterocycles. The first-order valence-corrected chi connectivity index (χ1v) is 8.24. The number of anilines is 2. The number of rotatable bonds is 5. The number of carbonyl (C=O) groups excluding carboxylic acids is 2. The average Bonchev–Trinajstić information content (AvgIpc) is 2.64. The molecule has 1 aliphatic rings. The van der Waals surface area contributed by atoms with E-state index in [1.807, 2.05) is 30.3 Å². The third-order valence-corrected chi connectivity index (χ3v) is 4.19. The van der Waals surface area contributed by atoms with Gasteiger partial charge in [0.25, 0.3) is 0 Å². The maximum absolute atomic E-state index is 12.7. The first kappa shape index (κ1) is 20.5. The van der Waals surface area contributed by atoms with Crippen molar-refractivity contribution in [2.45, 2.75) is 12.6 Å². The Hall–Kier alpha value is -2.77. The topological polar surface area (TPSA) is 93.9 Å². The summed E-state index contributed by atoms with van der Waals surface area (Å²) in [5.74, 6) is -0.00192. The van der Waals surface area contributed by atoms with Crippen LogP contribution in [0.1, 0.15) is 5.56 Å². The minimum absolute atomic E-state index is 0. The number of hydrogen-bond donors (Lipinski definition) is 2. The first-order valence-electron chi connectivity index (χ1n) is 8.24. The molecule has 1 aliphatic heterocycles. The molecule has 0 bridgehead atoms. The maximum Gasteiger partial charge on any atom is 0.249 e. The highest BCUT2D eigenvalue weighted by Gasteiger charge is 2.34. The van der Waals surface area contributed by atoms with Crippen LogP contribution < -0.4 is 15.8 Å². The van der Waals surface area contributed by atoms with Crippen LogP contribution in [0.4, 0.5) is 11.4 Å². The number of methoxy groups -OCH3 is 1. The van der Waals surface area contributed by atoms with Crippen molar-refractivity contribution < 1.29 is 19.1 Å². The molecule has 0 spiro atoms. The van der Waals surface area contributed by atoms with Crippen LogP contribution in [0.2, 0.25) is 0 Å². The van der Waals surface area contributed by atoms with Gasteiger partial charge in [0.1, 0.15) is 18.4 Å². The Kier molecular flexibility index (Phi) is 7.04. The SMILES string of the molecule is COc1ccc(NC(=O)[C@H]2COCC(=O)N2Cc2ccccc2)cc1N.Cl. The van der Waals surface area contributed by atoms with Gasteiger partial charge in [0.2, 0.25) is 11.8 Å². The average molecular weight is 392 g/mol. The molecule has 1 atom stereocenters. The Morgan fingerprint density at radius 1 is 1.30 bits per heavy atom. The van der Waals surface area contributed by atoms with E-state index in [0.717, 1.165) is 5.56 Å². The second-order valence-corrected chi connectivity index (χ2v) is 5.98. The first-order chi connectivity index (χ1) is 12.6. The zero-order valence-electron chi connectivity index (χ0n) is 14.9. The Bertz CT molecular complexity index is 801. The second-order valence-electron chi connectivity index (χ2n) is 5.98. The van der Waals surface area contributed by atoms with Crippen molar-refractivity contribution in [3.05, 3.63) is 54.1 Å². The van der Waals surface area contributed by atoms with E-state index in [1.54, 1.807) is 23.1 Å². The van der Waals surface area contributed by atoms with Crippen molar-refractivity contribution in [2.24, 2.45) is 0 Å². The summed E-state index contributed by atoms with van der Waals surface area (Å²) in [7, 11) is 1.52. The van der Waals surface area contributed by atoms with Gasteiger partial charge in [-0.05, 0) is 23.8 Å². The monoisotopic (exact) mass is 391 g/mol. The normalized spacial score (nSPS) is 16.4. The summed E-state index contributed by atoms with van der Waals surface area (Å²) in [4.78, 5) is 26.6. The summed E-state index contributed by atoms with van der Waals surface area (Å²) in [5.41, 5.74) is 7.78. The molecule has 2 amide bonds. The van der Waals surface area contributed by atoms with Gasteiger partial charge >= 0.3 is 0 Å². The Labute approximate surface area is 163 Å². The molecule has 0 aromatic heterocycles. The number of nitrogens with two attached hydrogens (primary N) is 1. The van der Waals surface area contributed by atoms with Gasteiger partial charge in [-0.1, -0.05) is 30.3 Å². The fraction of sp³-hybridized carbons (Fsp3) is 0.263. The van der Waals surface area contributed by atoms with Gasteiger partial charge < -0.3 is 25.4 Å². The molecule has 144 valence electrons. The molecule has 0 aliphatic carbocycles. The molecule has 2 aromatic rings. The number of hydrogen-bond acceptors (Lipinski definition) is 5. The van der Waals surface area contributed by atoms with Gasteiger partial charge in [-0.15, -0.1) is 12.4 Å². The van der Waals surface area contributed by atoms with Crippen molar-refractivity contribution in [1.29, 1.82) is 0 Å². The molecule has 0 radical (unpaired) electrons. The molecule has 8 heteroatoms. The zero-order valence-corrected chi connectivity index (χ0v) is 15.7. The van der Waals surface area contributed by atoms with Gasteiger partial charge in [0.15, 0.2) is 0 Å². The van der Waals surface area contributed by atoms with Crippen LogP contribution in [-0.4, -0.2) is 43.1 Å². The number of halogens is 1. The summed E-state index contributed by atoms with van der Waals surface area (Å²) in [6, 6.07) is 13.8. The number of morpholine rings is 1. The van der Waals surface area contributed by atoms with Gasteiger partial charge in [0.05, 0.1) is 19.4 Å². The molecular formula is C19H22ClN3O4. The van der Waals surface area contributed by atoms with Gasteiger partial charge in [-0.2, -0.15) is 0 Å². The zero-order chi connectivity index (χ0) is 18.5. The molecule has 27 heavy (non-hydrogen) atoms. The summed E-state index contributed by atoms with van der Waals surface area (Å²) in [5, 5.41) is 2.79. The third-order valence-electron chi connectivity index (χ3n) is 4.19. The van der Waals surface area contributed by atoms with Crippen molar-refractivity contribution >= 4 is 35.6 Å². The highest BCUT2D eigenvalue weighted by molar-refractivity contribution is 5.98. The van der Waals surface area contributed by atoms with Crippen LogP contribution in [0, 0.1) is 0 Å². The Morgan fingerprint density at radius 3 is 2.70 bits per heavy atom. The number of carbonyl (C=O) groups is 2. The largest absolute Gasteiger partial charge is 0.495 e. The number of ether oxygens (including phenoxy) is 2. The number of amides is 2. The standard InChI is InChI=1S/C19H21N3O4.ClH/c1-25-17-8-7-14(9-15(17)20)21-19(24)16-11-26-12-18(23)22(16)10-13-5-3-2-4-6-13;/h2-9,16H,10-12,20H2,1H3,(H,21,24);1H/t16-;/m1./s1. The molecule has 0 unspecified atom stereocenters. The predicted octanol–water partition coefficient (Wildman–Crippen LogP) is 2.07. The summed E-state index contributed by atoms with van der Waals surface area (Å²) >= 11 is 0. The van der Waals surface area contributed by atoms with Crippen molar-refractivity contribution in [1.82, 2.24) is 4.90 Å². The fourth-order valence-electron chi connectivity index (χ4n) is 2.84. The predicted molar refractivity (Wildman–Crippen MR) is 105 cm³/mol. The Balaban J connectivity index is 0.00000261. The molecular weight excluding hydrogens is 370 g/mol. The number of benzene rings is 2. The van der Waals surface area contributed by atoms with Crippen molar-refractivity contribution in [3.63, 3.8) is 0 Å². The summed E-state index contributed by atoms with van der Waals surface area (Å²) in [6.07, 6.45) is 0. The minimum Gasteiger partial charge on any atom is -0.495 e. The lowest BCUT2D eigenvalue weighted by atomic mass is 10.1. The number of nitrogen functional groups attached to an aromatic ring is 1. The molecule has 3 N–H and O–H groups in total. The number of nitrogens with one attached hydrogen (secondary N) is 1. The second kappa shape index (κ2) is 9.25. The molecule has 2 aromatic carbocycles. The summed E-state index contributed by atoms with van der Waals surface area (Å²) in [6.45, 7) is 0.480. The van der Waals surface area contributed by atoms with Crippen LogP contribution >= 0.6 is 12.4 Å². The molecule has 3 rings (SSSR count). The quantitative estimate of drug-likeness (QED) is 0.761. The van der Waals surface area contributed by atoms with E-state index < -0.39 is 6.04 Å². The van der Waals surface area contributed by atoms with Crippen LogP contribution in [0.25, 0.3) is 0 Å². The lowest BCUT2D eigenvalue weighted by Crippen LogP contribution is -2.54. The highest BCUT2D eigenvalue weighted by atomic mass is 35.5. The van der Waals surface area contributed by atoms with E-state index in [1.165, 1.54) is 7.11 Å². The third kappa shape index (κ3) is 4.90. The van der Waals surface area contributed by atoms with Crippen LogP contribution in [0.5, 0.6) is 5.75 Å². The molecule has 1 saturated heterocycles. The van der Waals surface area contributed by atoms with Crippen LogP contribution in [0.15, 0.2) is 48.5 Å². The molecule has 1 fully saturated rings. The van der Waals surface area contributed by atoms with E-state index in [9.17, 15) is 9.59 Å². The van der Waals surface area contributed by atoms with E-state index in [-0.39, 0.29) is 37.4 Å². The highest BCUT2D eigenvalue weighted by Crippen LogP contribution is 2.25. The number of nitrogens with zero attached hydrogens (tertiary/aromatic N) is 1. The summed E-state index contributed by atoms with van der Waals surface area (Å²) < 4.78 is 10.4. The van der Waals surface area contributed by atoms with E-state index in [0.29, 0.717) is 23.7 Å². The van der Waals surface area contributed by atoms with E-state index >= 15 is 0 Å². The maximum atomic E-state index is 12.7. The van der Waals surface area contributed by atoms with Crippen molar-refractivity contribution in [3.8, 4) is 5.75 Å². The van der Waals surface area contributed by atoms with Crippen LogP contribution in [0.3, 0.4) is 0 Å². The van der Waals surface area contributed by atoms with Gasteiger partial charge in [-0.25, -0.2) is 0 Å². The smallest absolute Gasteiger partial charge is 0.249 e. The minimum atomic E-state index is -0.709. The van der Waals surface area contributed by atoms with E-state index in [4.69, 9.17) is 15.2 Å². The fourth-order valence-corrected chi connectivity index (χ4v) is 2.84. The lowest BCUT2D eigenvalue weighted by Gasteiger charge is -2.34. The molecule has 7 nitrogen and oxygen atoms in total.